The second-order valence-corrected chi connectivity index (χ2v) is 10.3. The zero-order valence-electron chi connectivity index (χ0n) is 19.9. The van der Waals surface area contributed by atoms with Crippen LogP contribution in [0.4, 0.5) is 5.82 Å². The lowest BCUT2D eigenvalue weighted by Crippen LogP contribution is -2.45. The summed E-state index contributed by atoms with van der Waals surface area (Å²) in [6.07, 6.45) is -2.83. The molecule has 6 atom stereocenters. The summed E-state index contributed by atoms with van der Waals surface area (Å²) in [4.78, 5) is 30.7. The van der Waals surface area contributed by atoms with E-state index in [1.807, 2.05) is 0 Å². The smallest absolute Gasteiger partial charge is 0.459 e. The number of halogens is 1. The quantitative estimate of drug-likeness (QED) is 0.126. The number of esters is 1. The minimum atomic E-state index is -4.31. The minimum absolute atomic E-state index is 0.0451. The Morgan fingerprint density at radius 3 is 2.73 bits per heavy atom. The first kappa shape index (κ1) is 28.4. The first-order valence-electron chi connectivity index (χ1n) is 10.7. The van der Waals surface area contributed by atoms with Gasteiger partial charge in [-0.05, 0) is 49.7 Å². The van der Waals surface area contributed by atoms with Crippen LogP contribution in [0.1, 0.15) is 20.1 Å². The molecule has 37 heavy (non-hydrogen) atoms. The van der Waals surface area contributed by atoms with Crippen molar-refractivity contribution in [1.82, 2.24) is 14.6 Å². The summed E-state index contributed by atoms with van der Waals surface area (Å²) in [5.41, 5.74) is 12.1. The van der Waals surface area contributed by atoms with Gasteiger partial charge in [0.2, 0.25) is 0 Å². The molecule has 200 valence electrons. The van der Waals surface area contributed by atoms with Crippen molar-refractivity contribution in [3.63, 3.8) is 0 Å². The highest BCUT2D eigenvalue weighted by Gasteiger charge is 2.55. The number of methoxy groups -OCH3 is 1. The molecule has 0 spiro atoms. The van der Waals surface area contributed by atoms with Crippen molar-refractivity contribution in [3.05, 3.63) is 62.5 Å². The maximum absolute atomic E-state index is 13.6. The molecule has 1 aromatic heterocycles. The number of nitrogens with zero attached hydrogens (tertiary/aromatic N) is 5. The minimum Gasteiger partial charge on any atom is -0.468 e. The van der Waals surface area contributed by atoms with Gasteiger partial charge in [0.25, 0.3) is 0 Å². The molecule has 15 nitrogen and oxygen atoms in total. The fraction of sp³-hybridized carbons (Fsp3) is 0.450. The number of nitrogens with two attached hydrogens (primary N) is 1. The summed E-state index contributed by atoms with van der Waals surface area (Å²) in [6, 6.07) is 6.05. The molecule has 0 bridgehead atoms. The number of aliphatic hydroxyl groups is 1. The normalized spacial score (nSPS) is 25.5. The largest absolute Gasteiger partial charge is 0.468 e. The predicted octanol–water partition coefficient (Wildman–Crippen LogP) is 2.16. The summed E-state index contributed by atoms with van der Waals surface area (Å²) < 4.78 is 36.1. The van der Waals surface area contributed by atoms with Crippen LogP contribution >= 0.6 is 19.3 Å². The Bertz CT molecular complexity index is 1290. The van der Waals surface area contributed by atoms with Crippen LogP contribution < -0.4 is 21.0 Å². The van der Waals surface area contributed by atoms with E-state index in [1.165, 1.54) is 50.4 Å². The van der Waals surface area contributed by atoms with Gasteiger partial charge >= 0.3 is 19.4 Å². The number of azide groups is 1. The summed E-state index contributed by atoms with van der Waals surface area (Å²) >= 11 is 5.88. The average Bonchev–Trinajstić information content (AvgIpc) is 3.09. The lowest BCUT2D eigenvalue weighted by Gasteiger charge is -2.28. The number of hydrogen-bond acceptors (Lipinski definition) is 11. The van der Waals surface area contributed by atoms with Crippen molar-refractivity contribution in [2.24, 2.45) is 5.11 Å². The van der Waals surface area contributed by atoms with E-state index >= 15 is 0 Å². The number of hydrogen-bond donors (Lipinski definition) is 3. The van der Waals surface area contributed by atoms with Gasteiger partial charge in [-0.2, -0.15) is 10.1 Å². The highest BCUT2D eigenvalue weighted by molar-refractivity contribution is 7.52. The number of carbonyl (C=O) groups is 1. The molecule has 3 rings (SSSR count). The van der Waals surface area contributed by atoms with Crippen LogP contribution in [0.5, 0.6) is 5.75 Å². The molecule has 4 N–H and O–H groups in total. The molecular weight excluding hydrogens is 533 g/mol. The maximum atomic E-state index is 13.6. The molecule has 1 fully saturated rings. The van der Waals surface area contributed by atoms with Crippen LogP contribution in [-0.4, -0.2) is 58.1 Å². The fourth-order valence-electron chi connectivity index (χ4n) is 3.55. The van der Waals surface area contributed by atoms with E-state index in [1.54, 1.807) is 0 Å². The highest BCUT2D eigenvalue weighted by Crippen LogP contribution is 2.47. The van der Waals surface area contributed by atoms with Crippen LogP contribution in [0.3, 0.4) is 0 Å². The molecule has 1 aromatic carbocycles. The first-order chi connectivity index (χ1) is 17.4. The molecule has 1 saturated heterocycles. The van der Waals surface area contributed by atoms with Crippen molar-refractivity contribution in [2.75, 3.05) is 19.5 Å². The molecular formula is C20H25ClN7O8P. The molecule has 0 aliphatic carbocycles. The molecule has 2 aromatic rings. The number of rotatable bonds is 10. The summed E-state index contributed by atoms with van der Waals surface area (Å²) in [7, 11) is -3.16. The third-order valence-corrected chi connectivity index (χ3v) is 7.37. The monoisotopic (exact) mass is 557 g/mol. The number of carbonyl (C=O) groups excluding carboxylic acids is 1. The van der Waals surface area contributed by atoms with Gasteiger partial charge in [-0.25, -0.2) is 9.36 Å². The van der Waals surface area contributed by atoms with E-state index in [0.717, 1.165) is 11.7 Å². The van der Waals surface area contributed by atoms with Gasteiger partial charge in [0.15, 0.2) is 6.23 Å². The number of ether oxygens (including phenoxy) is 2. The van der Waals surface area contributed by atoms with Crippen LogP contribution in [0, 0.1) is 0 Å². The molecule has 17 heteroatoms. The summed E-state index contributed by atoms with van der Waals surface area (Å²) in [5, 5.41) is 17.5. The topological polar surface area (TPSA) is 213 Å². The van der Waals surface area contributed by atoms with Gasteiger partial charge in [-0.15, -0.1) is 0 Å². The van der Waals surface area contributed by atoms with E-state index in [9.17, 15) is 19.3 Å². The lowest BCUT2D eigenvalue weighted by molar-refractivity contribution is -0.142. The van der Waals surface area contributed by atoms with E-state index in [0.29, 0.717) is 5.02 Å². The van der Waals surface area contributed by atoms with E-state index in [4.69, 9.17) is 36.7 Å². The van der Waals surface area contributed by atoms with Crippen molar-refractivity contribution in [2.45, 2.75) is 43.9 Å². The molecule has 1 unspecified atom stereocenters. The van der Waals surface area contributed by atoms with Crippen LogP contribution in [0.15, 0.2) is 46.4 Å². The molecule has 2 heterocycles. The zero-order chi connectivity index (χ0) is 27.4. The number of anilines is 1. The third-order valence-electron chi connectivity index (χ3n) is 5.47. The van der Waals surface area contributed by atoms with Crippen molar-refractivity contribution in [3.8, 4) is 5.75 Å². The van der Waals surface area contributed by atoms with Crippen LogP contribution in [-0.2, 0) is 23.4 Å². The molecule has 0 radical (unpaired) electrons. The van der Waals surface area contributed by atoms with Gasteiger partial charge in [-0.3, -0.25) is 13.9 Å². The molecule has 1 aliphatic rings. The predicted molar refractivity (Wildman–Crippen MR) is 131 cm³/mol. The van der Waals surface area contributed by atoms with Gasteiger partial charge in [0.05, 0.1) is 19.8 Å². The second kappa shape index (κ2) is 11.5. The number of nitrogens with one attached hydrogen (secondary N) is 1. The SMILES string of the molecule is COC(=O)[C@H](C)NP(=O)(OC[C@H]1O[C@@H](n2ccc(N)nc2=O)[C@](C)(N=[N+]=[N-])[C@@H]1O)Oc1ccc(Cl)cc1. The molecule has 0 amide bonds. The number of nitrogen functional groups attached to an aromatic ring is 1. The van der Waals surface area contributed by atoms with Crippen molar-refractivity contribution < 1.29 is 33.0 Å². The summed E-state index contributed by atoms with van der Waals surface area (Å²) in [6.45, 7) is 2.17. The van der Waals surface area contributed by atoms with Crippen molar-refractivity contribution in [1.29, 1.82) is 0 Å². The zero-order valence-corrected chi connectivity index (χ0v) is 21.6. The Kier molecular flexibility index (Phi) is 8.82. The number of benzene rings is 1. The number of aliphatic hydroxyl groups excluding tert-OH is 1. The second-order valence-electron chi connectivity index (χ2n) is 8.14. The van der Waals surface area contributed by atoms with E-state index < -0.39 is 56.0 Å². The summed E-state index contributed by atoms with van der Waals surface area (Å²) in [5.74, 6) is -0.690. The fourth-order valence-corrected chi connectivity index (χ4v) is 5.18. The Labute approximate surface area is 215 Å². The molecule has 1 aliphatic heterocycles. The van der Waals surface area contributed by atoms with Crippen molar-refractivity contribution >= 4 is 31.1 Å². The maximum Gasteiger partial charge on any atom is 0.459 e. The lowest BCUT2D eigenvalue weighted by atomic mass is 9.93. The van der Waals surface area contributed by atoms with Crippen LogP contribution in [0.2, 0.25) is 5.02 Å². The van der Waals surface area contributed by atoms with E-state index in [-0.39, 0.29) is 11.6 Å². The Balaban J connectivity index is 1.88. The standard InChI is InChI=1S/C20H25ClN7O8P/c1-11(17(30)33-3)25-37(32,36-13-6-4-12(21)5-7-13)34-10-14-16(29)20(2,26-27-23)18(35-14)28-9-8-15(22)24-19(28)31/h4-9,11,14,16,18,29H,10H2,1-3H3,(H,25,32)(H2,22,24,31)/t11-,14+,16+,18+,20+,37?/m0/s1. The Hall–Kier alpha value is -3.16. The van der Waals surface area contributed by atoms with E-state index in [2.05, 4.69) is 24.8 Å². The van der Waals surface area contributed by atoms with Gasteiger partial charge in [0, 0.05) is 16.1 Å². The average molecular weight is 558 g/mol. The van der Waals surface area contributed by atoms with Crippen LogP contribution in [0.25, 0.3) is 10.4 Å². The highest BCUT2D eigenvalue weighted by atomic mass is 35.5. The number of aromatic nitrogens is 2. The van der Waals surface area contributed by atoms with Gasteiger partial charge in [0.1, 0.15) is 29.3 Å². The third kappa shape index (κ3) is 6.40. The van der Waals surface area contributed by atoms with Gasteiger partial charge in [-0.1, -0.05) is 16.7 Å². The Morgan fingerprint density at radius 2 is 2.14 bits per heavy atom. The first-order valence-corrected chi connectivity index (χ1v) is 12.6. The molecule has 0 saturated carbocycles. The van der Waals surface area contributed by atoms with Gasteiger partial charge < -0.3 is 24.8 Å². The Morgan fingerprint density at radius 1 is 1.46 bits per heavy atom.